The average molecular weight is 239 g/mol. The lowest BCUT2D eigenvalue weighted by molar-refractivity contribution is 0.1000. The van der Waals surface area contributed by atoms with Gasteiger partial charge in [0.1, 0.15) is 5.82 Å². The zero-order valence-corrected chi connectivity index (χ0v) is 10.5. The Hall–Kier alpha value is -0.680. The fraction of sp³-hybridized carbons (Fsp3) is 0.818. The van der Waals surface area contributed by atoms with Gasteiger partial charge in [-0.3, -0.25) is 0 Å². The van der Waals surface area contributed by atoms with Crippen molar-refractivity contribution in [2.75, 3.05) is 5.32 Å². The fourth-order valence-electron chi connectivity index (χ4n) is 2.60. The van der Waals surface area contributed by atoms with Crippen LogP contribution in [-0.2, 0) is 4.74 Å². The van der Waals surface area contributed by atoms with Gasteiger partial charge in [-0.15, -0.1) is 0 Å². The summed E-state index contributed by atoms with van der Waals surface area (Å²) in [6, 6.07) is 0.414. The topological polar surface area (TPSA) is 47.0 Å². The van der Waals surface area contributed by atoms with Crippen LogP contribution in [0, 0.1) is 0 Å². The number of rotatable bonds is 3. The monoisotopic (exact) mass is 239 g/mol. The molecule has 3 atom stereocenters. The molecule has 0 aliphatic carbocycles. The molecule has 5 heteroatoms. The summed E-state index contributed by atoms with van der Waals surface area (Å²) in [6.07, 6.45) is 4.37. The molecule has 0 aromatic carbocycles. The molecule has 3 rings (SSSR count). The number of fused-ring (bicyclic) bond motifs is 2. The maximum Gasteiger partial charge on any atom is 0.202 e. The maximum absolute atomic E-state index is 5.83. The van der Waals surface area contributed by atoms with Crippen molar-refractivity contribution in [2.45, 2.75) is 57.3 Å². The molecule has 3 heterocycles. The van der Waals surface area contributed by atoms with Gasteiger partial charge in [0.25, 0.3) is 0 Å². The summed E-state index contributed by atoms with van der Waals surface area (Å²) in [4.78, 5) is 4.57. The molecule has 3 unspecified atom stereocenters. The third-order valence-electron chi connectivity index (χ3n) is 3.29. The van der Waals surface area contributed by atoms with Gasteiger partial charge >= 0.3 is 0 Å². The van der Waals surface area contributed by atoms with Crippen LogP contribution in [0.2, 0.25) is 0 Å². The molecule has 0 amide bonds. The Bertz CT molecular complexity index is 379. The van der Waals surface area contributed by atoms with Gasteiger partial charge in [-0.1, -0.05) is 0 Å². The molecule has 1 aromatic heterocycles. The van der Waals surface area contributed by atoms with Crippen molar-refractivity contribution in [2.24, 2.45) is 0 Å². The van der Waals surface area contributed by atoms with Crippen molar-refractivity contribution in [1.82, 2.24) is 9.36 Å². The summed E-state index contributed by atoms with van der Waals surface area (Å²) in [5.41, 5.74) is 0. The van der Waals surface area contributed by atoms with E-state index < -0.39 is 0 Å². The van der Waals surface area contributed by atoms with E-state index in [1.807, 2.05) is 0 Å². The van der Waals surface area contributed by atoms with Gasteiger partial charge in [-0.2, -0.15) is 4.37 Å². The van der Waals surface area contributed by atoms with Gasteiger partial charge in [0, 0.05) is 23.5 Å². The highest BCUT2D eigenvalue weighted by Gasteiger charge is 2.43. The van der Waals surface area contributed by atoms with Crippen molar-refractivity contribution in [3.8, 4) is 0 Å². The second-order valence-corrected chi connectivity index (χ2v) is 5.72. The lowest BCUT2D eigenvalue weighted by Crippen LogP contribution is -2.16. The standard InChI is InChI=1S/C11H17N3OS/c1-6(2)12-11-13-10(14-16-11)8-5-7-3-4-9(8)15-7/h6-9H,3-5H2,1-2H3,(H,12,13,14). The number of hydrogen-bond donors (Lipinski definition) is 1. The zero-order valence-electron chi connectivity index (χ0n) is 9.64. The summed E-state index contributed by atoms with van der Waals surface area (Å²) in [5.74, 6) is 1.43. The molecule has 4 nitrogen and oxygen atoms in total. The van der Waals surface area contributed by atoms with Crippen LogP contribution in [0.5, 0.6) is 0 Å². The Morgan fingerprint density at radius 1 is 1.44 bits per heavy atom. The van der Waals surface area contributed by atoms with Gasteiger partial charge in [-0.05, 0) is 33.1 Å². The Balaban J connectivity index is 1.73. The molecule has 2 saturated heterocycles. The third-order valence-corrected chi connectivity index (χ3v) is 3.95. The summed E-state index contributed by atoms with van der Waals surface area (Å²) in [7, 11) is 0. The Labute approximate surface area is 99.6 Å². The molecule has 2 bridgehead atoms. The summed E-state index contributed by atoms with van der Waals surface area (Å²) >= 11 is 1.46. The molecule has 0 saturated carbocycles. The highest BCUT2D eigenvalue weighted by molar-refractivity contribution is 7.09. The lowest BCUT2D eigenvalue weighted by atomic mass is 9.89. The Morgan fingerprint density at radius 2 is 2.31 bits per heavy atom. The Morgan fingerprint density at radius 3 is 2.94 bits per heavy atom. The molecule has 88 valence electrons. The van der Waals surface area contributed by atoms with Crippen LogP contribution in [-0.4, -0.2) is 27.6 Å². The molecule has 0 radical (unpaired) electrons. The van der Waals surface area contributed by atoms with Crippen LogP contribution in [0.4, 0.5) is 5.13 Å². The van der Waals surface area contributed by atoms with E-state index in [9.17, 15) is 0 Å². The van der Waals surface area contributed by atoms with Crippen molar-refractivity contribution >= 4 is 16.7 Å². The summed E-state index contributed by atoms with van der Waals surface area (Å²) in [5, 5.41) is 4.23. The number of nitrogens with zero attached hydrogens (tertiary/aromatic N) is 2. The summed E-state index contributed by atoms with van der Waals surface area (Å²) < 4.78 is 10.3. The van der Waals surface area contributed by atoms with Crippen LogP contribution >= 0.6 is 11.5 Å². The molecule has 0 spiro atoms. The second-order valence-electron chi connectivity index (χ2n) is 4.97. The maximum atomic E-state index is 5.83. The normalized spacial score (nSPS) is 32.6. The first-order chi connectivity index (χ1) is 7.72. The molecular formula is C11H17N3OS. The molecule has 2 fully saturated rings. The first-order valence-electron chi connectivity index (χ1n) is 5.98. The van der Waals surface area contributed by atoms with Crippen LogP contribution in [0.3, 0.4) is 0 Å². The Kier molecular flexibility index (Phi) is 2.59. The first kappa shape index (κ1) is 10.5. The van der Waals surface area contributed by atoms with E-state index in [1.54, 1.807) is 0 Å². The van der Waals surface area contributed by atoms with E-state index in [2.05, 4.69) is 28.5 Å². The van der Waals surface area contributed by atoms with Crippen LogP contribution < -0.4 is 5.32 Å². The predicted molar refractivity (Wildman–Crippen MR) is 63.9 cm³/mol. The van der Waals surface area contributed by atoms with Crippen molar-refractivity contribution in [3.63, 3.8) is 0 Å². The largest absolute Gasteiger partial charge is 0.374 e. The van der Waals surface area contributed by atoms with E-state index in [4.69, 9.17) is 4.74 Å². The number of nitrogens with one attached hydrogen (secondary N) is 1. The molecule has 1 aromatic rings. The minimum absolute atomic E-state index is 0.381. The molecule has 1 N–H and O–H groups in total. The minimum Gasteiger partial charge on any atom is -0.374 e. The van der Waals surface area contributed by atoms with Crippen molar-refractivity contribution < 1.29 is 4.74 Å². The molecular weight excluding hydrogens is 222 g/mol. The lowest BCUT2D eigenvalue weighted by Gasteiger charge is -2.14. The van der Waals surface area contributed by atoms with Crippen LogP contribution in [0.25, 0.3) is 0 Å². The predicted octanol–water partition coefficient (Wildman–Crippen LogP) is 2.39. The number of ether oxygens (including phenoxy) is 1. The van der Waals surface area contributed by atoms with E-state index >= 15 is 0 Å². The van der Waals surface area contributed by atoms with Gasteiger partial charge in [0.2, 0.25) is 5.13 Å². The third kappa shape index (κ3) is 1.82. The van der Waals surface area contributed by atoms with Crippen LogP contribution in [0.15, 0.2) is 0 Å². The highest BCUT2D eigenvalue weighted by atomic mass is 32.1. The quantitative estimate of drug-likeness (QED) is 0.880. The van der Waals surface area contributed by atoms with Crippen molar-refractivity contribution in [3.05, 3.63) is 5.82 Å². The minimum atomic E-state index is 0.381. The van der Waals surface area contributed by atoms with E-state index in [1.165, 1.54) is 24.4 Å². The number of aromatic nitrogens is 2. The van der Waals surface area contributed by atoms with E-state index in [0.717, 1.165) is 17.4 Å². The van der Waals surface area contributed by atoms with Crippen molar-refractivity contribution in [1.29, 1.82) is 0 Å². The molecule has 16 heavy (non-hydrogen) atoms. The zero-order chi connectivity index (χ0) is 11.1. The smallest absolute Gasteiger partial charge is 0.202 e. The van der Waals surface area contributed by atoms with E-state index in [0.29, 0.717) is 24.2 Å². The number of hydrogen-bond acceptors (Lipinski definition) is 5. The highest BCUT2D eigenvalue weighted by Crippen LogP contribution is 2.43. The number of anilines is 1. The van der Waals surface area contributed by atoms with Gasteiger partial charge in [0.15, 0.2) is 0 Å². The fourth-order valence-corrected chi connectivity index (χ4v) is 3.38. The van der Waals surface area contributed by atoms with Gasteiger partial charge in [-0.25, -0.2) is 4.98 Å². The average Bonchev–Trinajstić information content (AvgIpc) is 2.89. The van der Waals surface area contributed by atoms with Gasteiger partial charge < -0.3 is 10.1 Å². The second kappa shape index (κ2) is 3.96. The van der Waals surface area contributed by atoms with Gasteiger partial charge in [0.05, 0.1) is 12.2 Å². The van der Waals surface area contributed by atoms with Crippen LogP contribution in [0.1, 0.15) is 44.9 Å². The molecule has 2 aliphatic heterocycles. The molecule has 2 aliphatic rings. The first-order valence-corrected chi connectivity index (χ1v) is 6.75. The summed E-state index contributed by atoms with van der Waals surface area (Å²) in [6.45, 7) is 4.23. The SMILES string of the molecule is CC(C)Nc1nc(C2CC3CCC2O3)ns1. The van der Waals surface area contributed by atoms with E-state index in [-0.39, 0.29) is 0 Å².